The largest absolute Gasteiger partial charge is 0.367 e. The number of halogens is 1. The first-order chi connectivity index (χ1) is 9.16. The molecule has 0 aromatic carbocycles. The lowest BCUT2D eigenvalue weighted by molar-refractivity contribution is 0.0958. The SMILES string of the molecule is Cc1ccc(NCCNC(=O)c2sccc2Br)nn1. The first kappa shape index (κ1) is 14.0. The van der Waals surface area contributed by atoms with Crippen molar-refractivity contribution < 1.29 is 4.79 Å². The minimum atomic E-state index is -0.0707. The molecule has 7 heteroatoms. The Kier molecular flexibility index (Phi) is 4.86. The third-order valence-corrected chi connectivity index (χ3v) is 4.17. The number of hydrogen-bond donors (Lipinski definition) is 2. The van der Waals surface area contributed by atoms with Crippen LogP contribution in [0.3, 0.4) is 0 Å². The number of thiophene rings is 1. The molecule has 0 atom stereocenters. The van der Waals surface area contributed by atoms with Crippen molar-refractivity contribution in [1.29, 1.82) is 0 Å². The van der Waals surface area contributed by atoms with Crippen molar-refractivity contribution in [2.45, 2.75) is 6.92 Å². The average Bonchev–Trinajstić information content (AvgIpc) is 2.83. The predicted molar refractivity (Wildman–Crippen MR) is 79.6 cm³/mol. The van der Waals surface area contributed by atoms with Crippen LogP contribution in [0.5, 0.6) is 0 Å². The van der Waals surface area contributed by atoms with Crippen molar-refractivity contribution in [1.82, 2.24) is 15.5 Å². The van der Waals surface area contributed by atoms with Gasteiger partial charge in [0.05, 0.1) is 5.69 Å². The van der Waals surface area contributed by atoms with E-state index in [4.69, 9.17) is 0 Å². The Morgan fingerprint density at radius 3 is 2.79 bits per heavy atom. The van der Waals surface area contributed by atoms with E-state index in [1.54, 1.807) is 0 Å². The highest BCUT2D eigenvalue weighted by Gasteiger charge is 2.10. The predicted octanol–water partition coefficient (Wildman–Crippen LogP) is 2.45. The fraction of sp³-hybridized carbons (Fsp3) is 0.250. The van der Waals surface area contributed by atoms with E-state index in [-0.39, 0.29) is 5.91 Å². The molecule has 1 amide bonds. The van der Waals surface area contributed by atoms with Crippen LogP contribution in [0, 0.1) is 6.92 Å². The molecule has 2 aromatic heterocycles. The number of amides is 1. The Hall–Kier alpha value is -1.47. The highest BCUT2D eigenvalue weighted by atomic mass is 79.9. The standard InChI is InChI=1S/C12H13BrN4OS/c1-8-2-3-10(17-16-8)14-5-6-15-12(18)11-9(13)4-7-19-11/h2-4,7H,5-6H2,1H3,(H,14,17)(H,15,18). The van der Waals surface area contributed by atoms with Gasteiger partial charge in [0.2, 0.25) is 0 Å². The molecule has 2 aromatic rings. The van der Waals surface area contributed by atoms with Gasteiger partial charge in [-0.2, -0.15) is 5.10 Å². The molecule has 0 saturated heterocycles. The number of nitrogens with one attached hydrogen (secondary N) is 2. The van der Waals surface area contributed by atoms with Gasteiger partial charge in [0.25, 0.3) is 5.91 Å². The monoisotopic (exact) mass is 340 g/mol. The summed E-state index contributed by atoms with van der Waals surface area (Å²) in [5.74, 6) is 0.635. The van der Waals surface area contributed by atoms with Crippen LogP contribution in [0.1, 0.15) is 15.4 Å². The maximum atomic E-state index is 11.8. The minimum absolute atomic E-state index is 0.0707. The van der Waals surface area contributed by atoms with Gasteiger partial charge in [-0.3, -0.25) is 4.79 Å². The lowest BCUT2D eigenvalue weighted by Crippen LogP contribution is -2.28. The molecule has 0 fully saturated rings. The molecule has 0 bridgehead atoms. The number of aromatic nitrogens is 2. The van der Waals surface area contributed by atoms with Gasteiger partial charge >= 0.3 is 0 Å². The topological polar surface area (TPSA) is 66.9 Å². The van der Waals surface area contributed by atoms with Gasteiger partial charge in [0.1, 0.15) is 10.7 Å². The fourth-order valence-corrected chi connectivity index (χ4v) is 2.86. The maximum Gasteiger partial charge on any atom is 0.262 e. The van der Waals surface area contributed by atoms with Gasteiger partial charge < -0.3 is 10.6 Å². The third-order valence-electron chi connectivity index (χ3n) is 2.34. The van der Waals surface area contributed by atoms with Crippen LogP contribution in [-0.2, 0) is 0 Å². The van der Waals surface area contributed by atoms with E-state index in [1.165, 1.54) is 11.3 Å². The van der Waals surface area contributed by atoms with Crippen molar-refractivity contribution in [2.75, 3.05) is 18.4 Å². The van der Waals surface area contributed by atoms with E-state index in [1.807, 2.05) is 30.5 Å². The van der Waals surface area contributed by atoms with E-state index in [9.17, 15) is 4.79 Å². The second-order valence-corrected chi connectivity index (χ2v) is 5.61. The molecule has 100 valence electrons. The Morgan fingerprint density at radius 2 is 2.16 bits per heavy atom. The van der Waals surface area contributed by atoms with E-state index >= 15 is 0 Å². The van der Waals surface area contributed by atoms with Gasteiger partial charge in [-0.25, -0.2) is 0 Å². The molecular formula is C12H13BrN4OS. The second kappa shape index (κ2) is 6.63. The number of aryl methyl sites for hydroxylation is 1. The molecule has 0 spiro atoms. The second-order valence-electron chi connectivity index (χ2n) is 3.84. The summed E-state index contributed by atoms with van der Waals surface area (Å²) < 4.78 is 0.826. The Labute approximate surface area is 123 Å². The number of hydrogen-bond acceptors (Lipinski definition) is 5. The van der Waals surface area contributed by atoms with Crippen molar-refractivity contribution >= 4 is 39.0 Å². The molecule has 2 N–H and O–H groups in total. The van der Waals surface area contributed by atoms with Crippen LogP contribution in [0.4, 0.5) is 5.82 Å². The van der Waals surface area contributed by atoms with Crippen LogP contribution in [0.2, 0.25) is 0 Å². The smallest absolute Gasteiger partial charge is 0.262 e. The summed E-state index contributed by atoms with van der Waals surface area (Å²) in [7, 11) is 0. The van der Waals surface area contributed by atoms with Crippen molar-refractivity contribution in [3.05, 3.63) is 38.6 Å². The summed E-state index contributed by atoms with van der Waals surface area (Å²) in [5.41, 5.74) is 0.876. The minimum Gasteiger partial charge on any atom is -0.367 e. The lowest BCUT2D eigenvalue weighted by Gasteiger charge is -2.06. The summed E-state index contributed by atoms with van der Waals surface area (Å²) in [6.07, 6.45) is 0. The van der Waals surface area contributed by atoms with Crippen LogP contribution in [0.15, 0.2) is 28.1 Å². The zero-order chi connectivity index (χ0) is 13.7. The fourth-order valence-electron chi connectivity index (χ4n) is 1.40. The molecule has 0 aliphatic heterocycles. The van der Waals surface area contributed by atoms with E-state index in [2.05, 4.69) is 36.8 Å². The van der Waals surface area contributed by atoms with Gasteiger partial charge in [0.15, 0.2) is 0 Å². The highest BCUT2D eigenvalue weighted by molar-refractivity contribution is 9.10. The quantitative estimate of drug-likeness (QED) is 0.820. The van der Waals surface area contributed by atoms with Gasteiger partial charge in [-0.1, -0.05) is 0 Å². The van der Waals surface area contributed by atoms with Crippen LogP contribution in [0.25, 0.3) is 0 Å². The normalized spacial score (nSPS) is 10.2. The van der Waals surface area contributed by atoms with Gasteiger partial charge in [0, 0.05) is 17.6 Å². The summed E-state index contributed by atoms with van der Waals surface area (Å²) in [6, 6.07) is 5.61. The van der Waals surface area contributed by atoms with E-state index < -0.39 is 0 Å². The third kappa shape index (κ3) is 4.00. The van der Waals surface area contributed by atoms with Gasteiger partial charge in [-0.15, -0.1) is 16.4 Å². The first-order valence-corrected chi connectivity index (χ1v) is 7.39. The highest BCUT2D eigenvalue weighted by Crippen LogP contribution is 2.22. The summed E-state index contributed by atoms with van der Waals surface area (Å²) in [4.78, 5) is 12.5. The van der Waals surface area contributed by atoms with Crippen molar-refractivity contribution in [3.63, 3.8) is 0 Å². The Morgan fingerprint density at radius 1 is 1.32 bits per heavy atom. The Balaban J connectivity index is 1.74. The number of carbonyl (C=O) groups is 1. The molecule has 2 heterocycles. The van der Waals surface area contributed by atoms with Gasteiger partial charge in [-0.05, 0) is 46.4 Å². The maximum absolute atomic E-state index is 11.8. The molecule has 19 heavy (non-hydrogen) atoms. The summed E-state index contributed by atoms with van der Waals surface area (Å²) in [5, 5.41) is 15.7. The molecule has 0 aliphatic rings. The lowest BCUT2D eigenvalue weighted by atomic mass is 10.4. The molecule has 5 nitrogen and oxygen atoms in total. The zero-order valence-corrected chi connectivity index (χ0v) is 12.7. The molecule has 0 unspecified atom stereocenters. The Bertz CT molecular complexity index is 555. The summed E-state index contributed by atoms with van der Waals surface area (Å²) in [6.45, 7) is 3.01. The number of nitrogens with zero attached hydrogens (tertiary/aromatic N) is 2. The molecule has 0 radical (unpaired) electrons. The van der Waals surface area contributed by atoms with Crippen LogP contribution < -0.4 is 10.6 Å². The van der Waals surface area contributed by atoms with E-state index in [0.717, 1.165) is 10.2 Å². The zero-order valence-electron chi connectivity index (χ0n) is 10.3. The molecule has 0 aliphatic carbocycles. The van der Waals surface area contributed by atoms with Crippen molar-refractivity contribution in [2.24, 2.45) is 0 Å². The molecule has 2 rings (SSSR count). The number of rotatable bonds is 5. The van der Waals surface area contributed by atoms with E-state index in [0.29, 0.717) is 23.8 Å². The number of anilines is 1. The van der Waals surface area contributed by atoms with Crippen molar-refractivity contribution in [3.8, 4) is 0 Å². The van der Waals surface area contributed by atoms with Crippen LogP contribution in [-0.4, -0.2) is 29.2 Å². The number of carbonyl (C=O) groups excluding carboxylic acids is 1. The molecule has 0 saturated carbocycles. The van der Waals surface area contributed by atoms with Crippen LogP contribution >= 0.6 is 27.3 Å². The summed E-state index contributed by atoms with van der Waals surface area (Å²) >= 11 is 4.75. The molecular weight excluding hydrogens is 328 g/mol. The first-order valence-electron chi connectivity index (χ1n) is 5.72. The average molecular weight is 341 g/mol.